The number of ether oxygens (including phenoxy) is 1. The fourth-order valence-electron chi connectivity index (χ4n) is 5.81. The number of ketones is 1. The van der Waals surface area contributed by atoms with E-state index in [2.05, 4.69) is 27.8 Å². The number of nitrogens with zero attached hydrogens (tertiary/aromatic N) is 2. The van der Waals surface area contributed by atoms with E-state index in [0.717, 1.165) is 12.8 Å². The molecule has 5 atom stereocenters. The highest BCUT2D eigenvalue weighted by Crippen LogP contribution is 2.33. The van der Waals surface area contributed by atoms with E-state index in [1.54, 1.807) is 0 Å². The molecule has 0 aromatic carbocycles. The number of carbonyl (C=O) groups is 6. The lowest BCUT2D eigenvalue weighted by molar-refractivity contribution is -0.150. The van der Waals surface area contributed by atoms with Gasteiger partial charge < -0.3 is 35.8 Å². The van der Waals surface area contributed by atoms with Crippen LogP contribution in [0.2, 0.25) is 0 Å². The van der Waals surface area contributed by atoms with Gasteiger partial charge in [-0.3, -0.25) is 19.2 Å². The average molecular weight is 691 g/mol. The van der Waals surface area contributed by atoms with Crippen LogP contribution in [-0.2, 0) is 23.9 Å². The van der Waals surface area contributed by atoms with Gasteiger partial charge in [0.1, 0.15) is 18.7 Å². The number of urea groups is 1. The van der Waals surface area contributed by atoms with E-state index in [-0.39, 0.29) is 31.4 Å². The topological polar surface area (TPSA) is 166 Å². The summed E-state index contributed by atoms with van der Waals surface area (Å²) in [6.07, 6.45) is 4.34. The maximum Gasteiger partial charge on any atom is 0.407 e. The highest BCUT2D eigenvalue weighted by molar-refractivity contribution is 6.38. The summed E-state index contributed by atoms with van der Waals surface area (Å²) in [5.74, 6) is -1.69. The summed E-state index contributed by atoms with van der Waals surface area (Å²) >= 11 is 0. The lowest BCUT2D eigenvalue weighted by Crippen LogP contribution is -2.61. The molecule has 13 nitrogen and oxygen atoms in total. The SMILES string of the molecule is C=CCNC(=O)C(=O)C(CCC)N(C)C(=O)C1C[C@@H](C(C)C)CN1C(=O)C(NC(=O)N[C@H](COC(=O)NCC1CC1)C(C)(C)C)C(C)(C)C. The van der Waals surface area contributed by atoms with Crippen molar-refractivity contribution < 1.29 is 33.5 Å². The second-order valence-electron chi connectivity index (χ2n) is 16.1. The van der Waals surface area contributed by atoms with Crippen LogP contribution in [0.1, 0.15) is 94.4 Å². The summed E-state index contributed by atoms with van der Waals surface area (Å²) in [5.41, 5.74) is -1.23. The number of rotatable bonds is 16. The van der Waals surface area contributed by atoms with Gasteiger partial charge in [0, 0.05) is 26.7 Å². The first-order valence-electron chi connectivity index (χ1n) is 17.7. The fourth-order valence-corrected chi connectivity index (χ4v) is 5.81. The predicted octanol–water partition coefficient (Wildman–Crippen LogP) is 3.62. The van der Waals surface area contributed by atoms with E-state index in [1.165, 1.54) is 22.9 Å². The third kappa shape index (κ3) is 12.3. The van der Waals surface area contributed by atoms with Gasteiger partial charge in [0.25, 0.3) is 5.91 Å². The Morgan fingerprint density at radius 3 is 2.12 bits per heavy atom. The molecule has 0 radical (unpaired) electrons. The molecular formula is C36H62N6O7. The fraction of sp³-hybridized carbons (Fsp3) is 0.778. The molecule has 1 saturated heterocycles. The van der Waals surface area contributed by atoms with Crippen LogP contribution >= 0.6 is 0 Å². The van der Waals surface area contributed by atoms with Crippen molar-refractivity contribution in [2.45, 2.75) is 119 Å². The largest absolute Gasteiger partial charge is 0.447 e. The van der Waals surface area contributed by atoms with Crippen LogP contribution in [0.5, 0.6) is 0 Å². The average Bonchev–Trinajstić information content (AvgIpc) is 3.74. The Morgan fingerprint density at radius 1 is 0.980 bits per heavy atom. The molecule has 2 fully saturated rings. The number of carbonyl (C=O) groups excluding carboxylic acids is 6. The number of nitrogens with one attached hydrogen (secondary N) is 4. The standard InChI is InChI=1S/C36H62N6O7/c1-12-14-25(28(43)30(44)37-17-13-2)41(11)31(45)26-18-24(22(3)4)20-42(26)32(46)29(36(8,9)10)40-33(47)39-27(35(5,6)7)21-49-34(48)38-19-23-15-16-23/h13,22-27,29H,2,12,14-21H2,1,3-11H3,(H,37,44)(H,38,48)(H2,39,40,47)/t24-,25?,26?,27-,29?/m1/s1. The third-order valence-corrected chi connectivity index (χ3v) is 9.51. The zero-order valence-electron chi connectivity index (χ0n) is 31.4. The number of amides is 6. The van der Waals surface area contributed by atoms with E-state index in [0.29, 0.717) is 31.8 Å². The Morgan fingerprint density at radius 2 is 1.61 bits per heavy atom. The smallest absolute Gasteiger partial charge is 0.407 e. The van der Waals surface area contributed by atoms with E-state index in [4.69, 9.17) is 4.74 Å². The number of likely N-dealkylation sites (tertiary alicyclic amines) is 1. The van der Waals surface area contributed by atoms with Gasteiger partial charge in [0.2, 0.25) is 17.6 Å². The normalized spacial score (nSPS) is 19.7. The lowest BCUT2D eigenvalue weighted by atomic mass is 9.85. The summed E-state index contributed by atoms with van der Waals surface area (Å²) in [5, 5.41) is 11.0. The van der Waals surface area contributed by atoms with Crippen molar-refractivity contribution in [3.05, 3.63) is 12.7 Å². The molecule has 2 aliphatic rings. The van der Waals surface area contributed by atoms with E-state index >= 15 is 0 Å². The number of hydrogen-bond donors (Lipinski definition) is 4. The second-order valence-corrected chi connectivity index (χ2v) is 16.1. The first-order chi connectivity index (χ1) is 22.7. The molecule has 3 unspecified atom stereocenters. The van der Waals surface area contributed by atoms with Gasteiger partial charge in [0.05, 0.1) is 12.1 Å². The van der Waals surface area contributed by atoms with Gasteiger partial charge in [0.15, 0.2) is 0 Å². The number of Topliss-reactive ketones (excluding diaryl/α,β-unsaturated/α-hetero) is 1. The molecule has 49 heavy (non-hydrogen) atoms. The van der Waals surface area contributed by atoms with Crippen LogP contribution in [-0.4, -0.2) is 103 Å². The van der Waals surface area contributed by atoms with Gasteiger partial charge in [-0.15, -0.1) is 6.58 Å². The number of hydrogen-bond acceptors (Lipinski definition) is 7. The molecular weight excluding hydrogens is 628 g/mol. The van der Waals surface area contributed by atoms with Crippen molar-refractivity contribution in [3.8, 4) is 0 Å². The molecule has 278 valence electrons. The van der Waals surface area contributed by atoms with Gasteiger partial charge in [-0.25, -0.2) is 9.59 Å². The summed E-state index contributed by atoms with van der Waals surface area (Å²) in [7, 11) is 1.50. The van der Waals surface area contributed by atoms with Crippen LogP contribution in [0.15, 0.2) is 12.7 Å². The molecule has 0 aromatic rings. The Labute approximate surface area is 293 Å². The summed E-state index contributed by atoms with van der Waals surface area (Å²) in [4.78, 5) is 82.9. The summed E-state index contributed by atoms with van der Waals surface area (Å²) in [6.45, 7) is 21.7. The van der Waals surface area contributed by atoms with Crippen molar-refractivity contribution in [1.29, 1.82) is 0 Å². The zero-order valence-corrected chi connectivity index (χ0v) is 31.4. The van der Waals surface area contributed by atoms with E-state index in [1.807, 2.05) is 62.3 Å². The molecule has 1 aliphatic carbocycles. The molecule has 13 heteroatoms. The van der Waals surface area contributed by atoms with Gasteiger partial charge in [-0.05, 0) is 54.3 Å². The van der Waals surface area contributed by atoms with Crippen LogP contribution in [0.3, 0.4) is 0 Å². The lowest BCUT2D eigenvalue weighted by Gasteiger charge is -2.38. The van der Waals surface area contributed by atoms with Crippen molar-refractivity contribution in [2.24, 2.45) is 28.6 Å². The Hall–Kier alpha value is -3.64. The van der Waals surface area contributed by atoms with Crippen molar-refractivity contribution in [2.75, 3.05) is 33.3 Å². The number of alkyl carbamates (subject to hydrolysis) is 1. The number of likely N-dealkylation sites (N-methyl/N-ethyl adjacent to an activating group) is 1. The van der Waals surface area contributed by atoms with Crippen LogP contribution < -0.4 is 21.3 Å². The second kappa shape index (κ2) is 17.8. The summed E-state index contributed by atoms with van der Waals surface area (Å²) in [6, 6.07) is -4.05. The molecule has 6 amide bonds. The monoisotopic (exact) mass is 690 g/mol. The zero-order chi connectivity index (χ0) is 37.3. The Balaban J connectivity index is 2.28. The van der Waals surface area contributed by atoms with E-state index in [9.17, 15) is 28.8 Å². The minimum Gasteiger partial charge on any atom is -0.447 e. The summed E-state index contributed by atoms with van der Waals surface area (Å²) < 4.78 is 5.43. The molecule has 1 aliphatic heterocycles. The molecule has 0 aromatic heterocycles. The first kappa shape index (κ1) is 41.5. The molecule has 4 N–H and O–H groups in total. The van der Waals surface area contributed by atoms with Crippen molar-refractivity contribution in [1.82, 2.24) is 31.1 Å². The predicted molar refractivity (Wildman–Crippen MR) is 188 cm³/mol. The van der Waals surface area contributed by atoms with E-state index < -0.39 is 70.6 Å². The molecule has 1 heterocycles. The molecule has 0 bridgehead atoms. The van der Waals surface area contributed by atoms with Crippen LogP contribution in [0, 0.1) is 28.6 Å². The highest BCUT2D eigenvalue weighted by atomic mass is 16.5. The maximum atomic E-state index is 14.4. The molecule has 1 saturated carbocycles. The minimum absolute atomic E-state index is 0.00504. The Bertz CT molecular complexity index is 1200. The van der Waals surface area contributed by atoms with Gasteiger partial charge in [-0.1, -0.05) is 74.8 Å². The quantitative estimate of drug-likeness (QED) is 0.142. The maximum absolute atomic E-state index is 14.4. The highest BCUT2D eigenvalue weighted by Gasteiger charge is 2.47. The molecule has 2 rings (SSSR count). The van der Waals surface area contributed by atoms with Crippen LogP contribution in [0.25, 0.3) is 0 Å². The minimum atomic E-state index is -1.01. The Kier molecular flexibility index (Phi) is 15.1. The third-order valence-electron chi connectivity index (χ3n) is 9.51. The van der Waals surface area contributed by atoms with Gasteiger partial charge >= 0.3 is 12.1 Å². The van der Waals surface area contributed by atoms with Crippen LogP contribution in [0.4, 0.5) is 9.59 Å². The molecule has 0 spiro atoms. The first-order valence-corrected chi connectivity index (χ1v) is 17.7. The van der Waals surface area contributed by atoms with Crippen molar-refractivity contribution >= 4 is 35.6 Å². The van der Waals surface area contributed by atoms with Gasteiger partial charge in [-0.2, -0.15) is 0 Å². The van der Waals surface area contributed by atoms with Crippen molar-refractivity contribution in [3.63, 3.8) is 0 Å².